The molecule has 2 aliphatic heterocycles. The number of fused-ring (bicyclic) bond motifs is 3. The molecule has 12 heteroatoms. The monoisotopic (exact) mass is 817 g/mol. The Morgan fingerprint density at radius 1 is 0.525 bits per heavy atom. The summed E-state index contributed by atoms with van der Waals surface area (Å²) in [5.41, 5.74) is 5.22. The number of carbonyl (C=O) groups excluding carboxylic acids is 2. The summed E-state index contributed by atoms with van der Waals surface area (Å²) in [5, 5.41) is 5.85. The second-order valence-electron chi connectivity index (χ2n) is 19.0. The van der Waals surface area contributed by atoms with Crippen LogP contribution >= 0.6 is 0 Å². The van der Waals surface area contributed by atoms with Crippen molar-refractivity contribution in [3.05, 3.63) is 47.5 Å². The van der Waals surface area contributed by atoms with Gasteiger partial charge in [-0.05, 0) is 127 Å². The number of rotatable bonds is 22. The van der Waals surface area contributed by atoms with Gasteiger partial charge in [-0.15, -0.1) is 0 Å². The first-order valence-corrected chi connectivity index (χ1v) is 22.8. The summed E-state index contributed by atoms with van der Waals surface area (Å²) >= 11 is 0. The normalized spacial score (nSPS) is 19.0. The Bertz CT molecular complexity index is 1560. The maximum Gasteiger partial charge on any atom is 0.494 e. The molecule has 2 fully saturated rings. The summed E-state index contributed by atoms with van der Waals surface area (Å²) in [7, 11) is -0.927. The van der Waals surface area contributed by atoms with E-state index in [-0.39, 0.29) is 17.6 Å². The van der Waals surface area contributed by atoms with Crippen LogP contribution < -0.4 is 21.6 Å². The topological polar surface area (TPSA) is 114 Å². The van der Waals surface area contributed by atoms with Gasteiger partial charge in [-0.25, -0.2) is 9.59 Å². The van der Waals surface area contributed by atoms with Crippen LogP contribution in [-0.4, -0.2) is 75.1 Å². The number of unbranched alkanes of at least 4 members (excludes halogenated alkanes) is 8. The lowest BCUT2D eigenvalue weighted by atomic mass is 9.67. The third-order valence-corrected chi connectivity index (χ3v) is 13.5. The van der Waals surface area contributed by atoms with Crippen molar-refractivity contribution in [3.8, 4) is 11.1 Å². The molecule has 0 aromatic heterocycles. The number of hydrogen-bond donors (Lipinski definition) is 2. The lowest BCUT2D eigenvalue weighted by molar-refractivity contribution is 0.00578. The van der Waals surface area contributed by atoms with Gasteiger partial charge >= 0.3 is 26.4 Å². The largest absolute Gasteiger partial charge is 0.494 e. The molecule has 2 N–H and O–H groups in total. The molecule has 2 aromatic carbocycles. The van der Waals surface area contributed by atoms with Crippen molar-refractivity contribution in [2.75, 3.05) is 26.3 Å². The van der Waals surface area contributed by atoms with Gasteiger partial charge in [0, 0.05) is 18.5 Å². The molecule has 5 rings (SSSR count). The van der Waals surface area contributed by atoms with E-state index in [1.165, 1.54) is 22.3 Å². The molecule has 2 aromatic rings. The maximum absolute atomic E-state index is 12.1. The van der Waals surface area contributed by atoms with Gasteiger partial charge in [-0.1, -0.05) is 102 Å². The van der Waals surface area contributed by atoms with E-state index in [2.05, 4.69) is 116 Å². The summed E-state index contributed by atoms with van der Waals surface area (Å²) in [6.07, 6.45) is 13.1. The third-order valence-electron chi connectivity index (χ3n) is 13.5. The van der Waals surface area contributed by atoms with Crippen LogP contribution in [0.25, 0.3) is 11.1 Å². The molecule has 0 saturated carbocycles. The predicted octanol–water partition coefficient (Wildman–Crippen LogP) is 9.51. The minimum atomic E-state index is -0.464. The van der Waals surface area contributed by atoms with E-state index in [1.54, 1.807) is 0 Å². The molecule has 0 bridgehead atoms. The summed E-state index contributed by atoms with van der Waals surface area (Å²) in [4.78, 5) is 24.2. The molecule has 0 spiro atoms. The fourth-order valence-electron chi connectivity index (χ4n) is 8.36. The number of hydrogen-bond acceptors (Lipinski definition) is 8. The van der Waals surface area contributed by atoms with Crippen LogP contribution in [0.5, 0.6) is 0 Å². The van der Waals surface area contributed by atoms with E-state index in [9.17, 15) is 9.59 Å². The average molecular weight is 817 g/mol. The Kier molecular flexibility index (Phi) is 16.1. The second-order valence-corrected chi connectivity index (χ2v) is 19.0. The van der Waals surface area contributed by atoms with Crippen LogP contribution in [0, 0.1) is 0 Å². The third kappa shape index (κ3) is 11.3. The molecule has 0 unspecified atom stereocenters. The number of nitrogens with one attached hydrogen (secondary N) is 2. The molecule has 3 aliphatic rings. The minimum absolute atomic E-state index is 0.257. The van der Waals surface area contributed by atoms with Crippen LogP contribution in [0.3, 0.4) is 0 Å². The highest BCUT2D eigenvalue weighted by Crippen LogP contribution is 2.54. The van der Waals surface area contributed by atoms with Gasteiger partial charge in [0.15, 0.2) is 0 Å². The zero-order valence-corrected chi connectivity index (χ0v) is 38.1. The lowest BCUT2D eigenvalue weighted by Crippen LogP contribution is -2.41. The van der Waals surface area contributed by atoms with Crippen molar-refractivity contribution in [1.82, 2.24) is 10.6 Å². The molecule has 0 radical (unpaired) electrons. The molecular weight excluding hydrogens is 742 g/mol. The Morgan fingerprint density at radius 3 is 1.24 bits per heavy atom. The zero-order chi connectivity index (χ0) is 42.9. The Hall–Kier alpha value is -3.05. The maximum atomic E-state index is 12.1. The molecule has 326 valence electrons. The van der Waals surface area contributed by atoms with Gasteiger partial charge in [-0.2, -0.15) is 0 Å². The molecule has 2 saturated heterocycles. The lowest BCUT2D eigenvalue weighted by Gasteiger charge is -2.33. The fraction of sp³-hybridized carbons (Fsp3) is 0.702. The van der Waals surface area contributed by atoms with Gasteiger partial charge in [0.05, 0.1) is 35.6 Å². The SMILES string of the molecule is CCCCOC(=O)NCCCCCCC1(CCCCCCNC(=O)OCCCC)c2cc(B3OC(C)(C)C(C)(C)O3)ccc2-c2ccc(B3OC(C)(C)C(C)(C)O3)cc21. The van der Waals surface area contributed by atoms with Gasteiger partial charge in [0.25, 0.3) is 0 Å². The van der Waals surface area contributed by atoms with Gasteiger partial charge in [0.1, 0.15) is 0 Å². The van der Waals surface area contributed by atoms with Gasteiger partial charge in [0.2, 0.25) is 0 Å². The van der Waals surface area contributed by atoms with Crippen LogP contribution in [0.2, 0.25) is 0 Å². The van der Waals surface area contributed by atoms with Crippen molar-refractivity contribution < 1.29 is 37.7 Å². The van der Waals surface area contributed by atoms with Crippen LogP contribution in [-0.2, 0) is 33.5 Å². The van der Waals surface area contributed by atoms with Crippen molar-refractivity contribution in [2.45, 2.75) is 187 Å². The van der Waals surface area contributed by atoms with E-state index in [4.69, 9.17) is 28.1 Å². The summed E-state index contributed by atoms with van der Waals surface area (Å²) in [6, 6.07) is 13.7. The van der Waals surface area contributed by atoms with E-state index >= 15 is 0 Å². The zero-order valence-electron chi connectivity index (χ0n) is 38.1. The minimum Gasteiger partial charge on any atom is -0.450 e. The standard InChI is InChI=1S/C47H74B2N2O8/c1-11-13-31-54-41(52)50-29-21-17-15-19-27-47(28-20-16-18-22-30-51-42(53)55-32-14-12-2)39-33-35(48-56-43(3,4)44(5,6)57-48)23-25-37(39)38-26-24-36(34-40(38)47)49-58-45(7,8)46(9,10)59-49/h23-26,33-34H,11-22,27-32H2,1-10H3,(H,50,52)(H,51,53). The van der Waals surface area contributed by atoms with E-state index < -0.39 is 36.6 Å². The molecule has 0 atom stereocenters. The summed E-state index contributed by atoms with van der Waals surface area (Å²) in [6.45, 7) is 23.2. The fourth-order valence-corrected chi connectivity index (χ4v) is 8.36. The van der Waals surface area contributed by atoms with E-state index in [0.29, 0.717) is 26.3 Å². The molecule has 2 heterocycles. The Morgan fingerprint density at radius 2 is 0.881 bits per heavy atom. The molecule has 59 heavy (non-hydrogen) atoms. The second kappa shape index (κ2) is 20.2. The van der Waals surface area contributed by atoms with E-state index in [1.807, 2.05) is 0 Å². The molecule has 10 nitrogen and oxygen atoms in total. The highest BCUT2D eigenvalue weighted by Gasteiger charge is 2.54. The number of carbonyl (C=O) groups is 2. The van der Waals surface area contributed by atoms with Gasteiger partial charge in [-0.3, -0.25) is 0 Å². The highest BCUT2D eigenvalue weighted by atomic mass is 16.7. The number of amides is 2. The predicted molar refractivity (Wildman–Crippen MR) is 239 cm³/mol. The Labute approximate surface area is 356 Å². The average Bonchev–Trinajstić information content (AvgIpc) is 3.67. The number of alkyl carbamates (subject to hydrolysis) is 2. The van der Waals surface area contributed by atoms with Crippen molar-refractivity contribution in [3.63, 3.8) is 0 Å². The van der Waals surface area contributed by atoms with Crippen LogP contribution in [0.4, 0.5) is 9.59 Å². The summed E-state index contributed by atoms with van der Waals surface area (Å²) in [5.74, 6) is 0. The number of ether oxygens (including phenoxy) is 2. The van der Waals surface area contributed by atoms with Crippen LogP contribution in [0.1, 0.15) is 170 Å². The summed E-state index contributed by atoms with van der Waals surface area (Å²) < 4.78 is 37.0. The van der Waals surface area contributed by atoms with Crippen molar-refractivity contribution >= 4 is 37.3 Å². The van der Waals surface area contributed by atoms with Crippen LogP contribution in [0.15, 0.2) is 36.4 Å². The number of benzene rings is 2. The molecule has 2 amide bonds. The molecular formula is C47H74B2N2O8. The first-order valence-electron chi connectivity index (χ1n) is 22.8. The van der Waals surface area contributed by atoms with Crippen molar-refractivity contribution in [2.24, 2.45) is 0 Å². The van der Waals surface area contributed by atoms with Crippen molar-refractivity contribution in [1.29, 1.82) is 0 Å². The first kappa shape index (κ1) is 47.0. The first-order chi connectivity index (χ1) is 28.0. The smallest absolute Gasteiger partial charge is 0.450 e. The quantitative estimate of drug-likeness (QED) is 0.0893. The highest BCUT2D eigenvalue weighted by molar-refractivity contribution is 6.62. The van der Waals surface area contributed by atoms with E-state index in [0.717, 1.165) is 101 Å². The molecule has 1 aliphatic carbocycles. The Balaban J connectivity index is 1.40. The van der Waals surface area contributed by atoms with Gasteiger partial charge < -0.3 is 38.7 Å².